The van der Waals surface area contributed by atoms with E-state index in [2.05, 4.69) is 27.2 Å². The Balaban J connectivity index is 2.00. The van der Waals surface area contributed by atoms with Gasteiger partial charge in [-0.1, -0.05) is 29.5 Å². The second-order valence-corrected chi connectivity index (χ2v) is 8.48. The topological polar surface area (TPSA) is 68.2 Å². The third-order valence-corrected chi connectivity index (χ3v) is 6.69. The fourth-order valence-corrected chi connectivity index (χ4v) is 5.30. The van der Waals surface area contributed by atoms with Crippen LogP contribution in [0, 0.1) is 0 Å². The van der Waals surface area contributed by atoms with Crippen molar-refractivity contribution in [1.29, 1.82) is 0 Å². The van der Waals surface area contributed by atoms with Crippen LogP contribution in [0.3, 0.4) is 0 Å². The lowest BCUT2D eigenvalue weighted by Gasteiger charge is -2.09. The summed E-state index contributed by atoms with van der Waals surface area (Å²) in [7, 11) is -3.72. The molecule has 1 N–H and O–H groups in total. The van der Waals surface area contributed by atoms with Crippen molar-refractivity contribution in [2.24, 2.45) is 0 Å². The maximum Gasteiger partial charge on any atom is 0.308 e. The first-order chi connectivity index (χ1) is 11.4. The summed E-state index contributed by atoms with van der Waals surface area (Å²) in [4.78, 5) is 12.0. The Morgan fingerprint density at radius 1 is 1.25 bits per heavy atom. The number of aromatic nitrogens is 1. The van der Waals surface area contributed by atoms with Crippen molar-refractivity contribution in [3.05, 3.63) is 69.3 Å². The van der Waals surface area contributed by atoms with Gasteiger partial charge in [-0.3, -0.25) is 14.1 Å². The second kappa shape index (κ2) is 6.54. The molecule has 0 saturated carbocycles. The van der Waals surface area contributed by atoms with Crippen molar-refractivity contribution in [2.75, 3.05) is 4.72 Å². The molecule has 124 valence electrons. The molecule has 5 nitrogen and oxygen atoms in total. The van der Waals surface area contributed by atoms with E-state index in [-0.39, 0.29) is 9.77 Å². The summed E-state index contributed by atoms with van der Waals surface area (Å²) in [5.41, 5.74) is 1.17. The van der Waals surface area contributed by atoms with Crippen LogP contribution in [0.15, 0.2) is 69.3 Å². The monoisotopic (exact) mass is 424 g/mol. The summed E-state index contributed by atoms with van der Waals surface area (Å²) in [5.74, 6) is 0. The van der Waals surface area contributed by atoms with Crippen molar-refractivity contribution in [1.82, 2.24) is 4.57 Å². The Labute approximate surface area is 151 Å². The number of anilines is 1. The summed E-state index contributed by atoms with van der Waals surface area (Å²) in [6.07, 6.45) is 1.65. The molecule has 24 heavy (non-hydrogen) atoms. The zero-order chi connectivity index (χ0) is 17.3. The molecule has 0 radical (unpaired) electrons. The van der Waals surface area contributed by atoms with E-state index in [4.69, 9.17) is 0 Å². The van der Waals surface area contributed by atoms with E-state index in [0.29, 0.717) is 21.4 Å². The van der Waals surface area contributed by atoms with Crippen LogP contribution in [0.1, 0.15) is 0 Å². The molecule has 0 fully saturated rings. The Morgan fingerprint density at radius 3 is 2.71 bits per heavy atom. The quantitative estimate of drug-likeness (QED) is 0.633. The van der Waals surface area contributed by atoms with Gasteiger partial charge in [0.2, 0.25) is 0 Å². The molecule has 0 spiro atoms. The van der Waals surface area contributed by atoms with E-state index in [1.165, 1.54) is 6.07 Å². The van der Waals surface area contributed by atoms with Crippen LogP contribution >= 0.6 is 27.3 Å². The number of hydrogen-bond acceptors (Lipinski definition) is 4. The van der Waals surface area contributed by atoms with Crippen molar-refractivity contribution in [3.63, 3.8) is 0 Å². The highest BCUT2D eigenvalue weighted by Crippen LogP contribution is 2.26. The molecule has 3 rings (SSSR count). The lowest BCUT2D eigenvalue weighted by atomic mass is 10.3. The molecule has 0 saturated heterocycles. The maximum absolute atomic E-state index is 12.5. The summed E-state index contributed by atoms with van der Waals surface area (Å²) in [6, 6.07) is 11.6. The number of hydrogen-bond donors (Lipinski definition) is 1. The predicted molar refractivity (Wildman–Crippen MR) is 101 cm³/mol. The van der Waals surface area contributed by atoms with E-state index < -0.39 is 10.0 Å². The van der Waals surface area contributed by atoms with Gasteiger partial charge in [0.1, 0.15) is 4.90 Å². The van der Waals surface area contributed by atoms with Gasteiger partial charge < -0.3 is 0 Å². The summed E-state index contributed by atoms with van der Waals surface area (Å²) in [5, 5.41) is 0. The number of halogens is 1. The molecule has 0 aliphatic heterocycles. The predicted octanol–water partition coefficient (Wildman–Crippen LogP) is 3.81. The summed E-state index contributed by atoms with van der Waals surface area (Å²) < 4.78 is 30.4. The first-order valence-electron chi connectivity index (χ1n) is 6.94. The third kappa shape index (κ3) is 3.17. The average molecular weight is 425 g/mol. The number of benzene rings is 2. The molecule has 1 heterocycles. The van der Waals surface area contributed by atoms with E-state index >= 15 is 0 Å². The van der Waals surface area contributed by atoms with Crippen LogP contribution < -0.4 is 9.60 Å². The van der Waals surface area contributed by atoms with E-state index in [9.17, 15) is 13.2 Å². The van der Waals surface area contributed by atoms with Crippen LogP contribution in [-0.2, 0) is 16.6 Å². The highest BCUT2D eigenvalue weighted by atomic mass is 79.9. The summed E-state index contributed by atoms with van der Waals surface area (Å²) in [6.45, 7) is 4.06. The third-order valence-electron chi connectivity index (χ3n) is 3.36. The number of nitrogens with one attached hydrogen (secondary N) is 1. The molecule has 0 amide bonds. The first-order valence-corrected chi connectivity index (χ1v) is 10.0. The molecule has 0 bridgehead atoms. The van der Waals surface area contributed by atoms with Gasteiger partial charge in [-0.25, -0.2) is 8.42 Å². The van der Waals surface area contributed by atoms with Gasteiger partial charge in [0, 0.05) is 11.0 Å². The smallest absolute Gasteiger partial charge is 0.295 e. The number of sulfonamides is 1. The molecular weight excluding hydrogens is 412 g/mol. The van der Waals surface area contributed by atoms with Gasteiger partial charge in [-0.05, 0) is 46.3 Å². The molecule has 0 aliphatic carbocycles. The Bertz CT molecular complexity index is 1080. The lowest BCUT2D eigenvalue weighted by molar-refractivity contribution is 0.601. The van der Waals surface area contributed by atoms with Gasteiger partial charge in [0.25, 0.3) is 10.0 Å². The van der Waals surface area contributed by atoms with Crippen molar-refractivity contribution >= 4 is 53.2 Å². The SMILES string of the molecule is C=CCn1c(=O)sc2cc(NS(=O)(=O)c3ccccc3Br)ccc21. The lowest BCUT2D eigenvalue weighted by Crippen LogP contribution is -2.13. The highest BCUT2D eigenvalue weighted by Gasteiger charge is 2.18. The maximum atomic E-state index is 12.5. The van der Waals surface area contributed by atoms with E-state index in [1.54, 1.807) is 47.0 Å². The fraction of sp³-hybridized carbons (Fsp3) is 0.0625. The molecule has 1 aromatic heterocycles. The Hall–Kier alpha value is -1.90. The van der Waals surface area contributed by atoms with Crippen molar-refractivity contribution < 1.29 is 8.42 Å². The van der Waals surface area contributed by atoms with Crippen LogP contribution in [0.25, 0.3) is 10.2 Å². The van der Waals surface area contributed by atoms with Gasteiger partial charge in [-0.2, -0.15) is 0 Å². The number of thiazole rings is 1. The van der Waals surface area contributed by atoms with Gasteiger partial charge in [0.05, 0.1) is 15.9 Å². The number of fused-ring (bicyclic) bond motifs is 1. The van der Waals surface area contributed by atoms with Crippen LogP contribution in [-0.4, -0.2) is 13.0 Å². The minimum Gasteiger partial charge on any atom is -0.295 e. The van der Waals surface area contributed by atoms with Crippen LogP contribution in [0.2, 0.25) is 0 Å². The largest absolute Gasteiger partial charge is 0.308 e. The molecule has 0 unspecified atom stereocenters. The first kappa shape index (κ1) is 16.9. The number of allylic oxidation sites excluding steroid dienone is 1. The fourth-order valence-electron chi connectivity index (χ4n) is 2.30. The van der Waals surface area contributed by atoms with Gasteiger partial charge in [0.15, 0.2) is 0 Å². The van der Waals surface area contributed by atoms with Crippen LogP contribution in [0.5, 0.6) is 0 Å². The molecule has 2 aromatic carbocycles. The van der Waals surface area contributed by atoms with Gasteiger partial charge >= 0.3 is 4.87 Å². The van der Waals surface area contributed by atoms with Crippen molar-refractivity contribution in [2.45, 2.75) is 11.4 Å². The highest BCUT2D eigenvalue weighted by molar-refractivity contribution is 9.10. The number of rotatable bonds is 5. The average Bonchev–Trinajstić information content (AvgIpc) is 2.83. The van der Waals surface area contributed by atoms with E-state index in [1.807, 2.05) is 0 Å². The molecule has 3 aromatic rings. The second-order valence-electron chi connectivity index (χ2n) is 4.99. The van der Waals surface area contributed by atoms with E-state index in [0.717, 1.165) is 16.9 Å². The molecular formula is C16H13BrN2O3S2. The minimum atomic E-state index is -3.72. The zero-order valence-corrected chi connectivity index (χ0v) is 15.6. The zero-order valence-electron chi connectivity index (χ0n) is 12.4. The normalized spacial score (nSPS) is 11.5. The number of nitrogens with zero attached hydrogens (tertiary/aromatic N) is 1. The molecule has 0 aliphatic rings. The Kier molecular flexibility index (Phi) is 4.62. The van der Waals surface area contributed by atoms with Crippen LogP contribution in [0.4, 0.5) is 5.69 Å². The molecule has 8 heteroatoms. The van der Waals surface area contributed by atoms with Gasteiger partial charge in [-0.15, -0.1) is 6.58 Å². The van der Waals surface area contributed by atoms with Crippen molar-refractivity contribution in [3.8, 4) is 0 Å². The standard InChI is InChI=1S/C16H13BrN2O3S2/c1-2-9-19-13-8-7-11(10-14(13)23-16(19)20)18-24(21,22)15-6-4-3-5-12(15)17/h2-8,10,18H,1,9H2. The summed E-state index contributed by atoms with van der Waals surface area (Å²) >= 11 is 4.32. The Morgan fingerprint density at radius 2 is 2.00 bits per heavy atom. The molecule has 0 atom stereocenters. The minimum absolute atomic E-state index is 0.101.